The predicted molar refractivity (Wildman–Crippen MR) is 105 cm³/mol. The number of hydrogen-bond acceptors (Lipinski definition) is 5. The third kappa shape index (κ3) is 3.53. The van der Waals surface area contributed by atoms with Gasteiger partial charge in [-0.05, 0) is 55.3 Å². The van der Waals surface area contributed by atoms with Gasteiger partial charge in [0.05, 0.1) is 12.1 Å². The fourth-order valence-corrected chi connectivity index (χ4v) is 4.11. The van der Waals surface area contributed by atoms with E-state index >= 15 is 0 Å². The number of carbonyl (C=O) groups excluding carboxylic acids is 1. The molecular weight excluding hydrogens is 360 g/mol. The second kappa shape index (κ2) is 7.04. The van der Waals surface area contributed by atoms with Crippen LogP contribution in [0.5, 0.6) is 11.5 Å². The molecule has 0 unspecified atom stereocenters. The van der Waals surface area contributed by atoms with Gasteiger partial charge in [0.15, 0.2) is 11.5 Å². The zero-order valence-corrected chi connectivity index (χ0v) is 16.0. The molecule has 0 saturated heterocycles. The summed E-state index contributed by atoms with van der Waals surface area (Å²) in [5, 5.41) is 10.5. The first-order valence-electron chi connectivity index (χ1n) is 8.77. The van der Waals surface area contributed by atoms with Crippen molar-refractivity contribution in [2.24, 2.45) is 0 Å². The summed E-state index contributed by atoms with van der Waals surface area (Å²) in [6.07, 6.45) is 3.31. The number of rotatable bonds is 2. The lowest BCUT2D eigenvalue weighted by Crippen LogP contribution is -2.32. The Morgan fingerprint density at radius 2 is 2.07 bits per heavy atom. The van der Waals surface area contributed by atoms with Crippen molar-refractivity contribution in [2.45, 2.75) is 20.4 Å². The van der Waals surface area contributed by atoms with Crippen LogP contribution < -0.4 is 4.74 Å². The van der Waals surface area contributed by atoms with Crippen molar-refractivity contribution in [3.63, 3.8) is 0 Å². The van der Waals surface area contributed by atoms with Crippen LogP contribution in [0.15, 0.2) is 42.7 Å². The standard InChI is InChI=1S/C21H20N2O3S/c1-13-7-16(11-22-10-13)21(25)23-5-6-26-20-17(12-23)8-15(9-18(20)24)19-4-3-14(2)27-19/h3-4,7-11,24H,5-6,12H2,1-2H3. The Morgan fingerprint density at radius 3 is 2.81 bits per heavy atom. The molecule has 0 fully saturated rings. The lowest BCUT2D eigenvalue weighted by atomic mass is 10.1. The number of aromatic nitrogens is 1. The Labute approximate surface area is 161 Å². The molecule has 27 heavy (non-hydrogen) atoms. The first kappa shape index (κ1) is 17.5. The average molecular weight is 380 g/mol. The number of ether oxygens (including phenoxy) is 1. The molecule has 0 atom stereocenters. The van der Waals surface area contributed by atoms with Crippen LogP contribution in [0.4, 0.5) is 0 Å². The van der Waals surface area contributed by atoms with E-state index in [0.29, 0.717) is 31.0 Å². The van der Waals surface area contributed by atoms with E-state index in [1.54, 1.807) is 34.7 Å². The zero-order chi connectivity index (χ0) is 19.0. The lowest BCUT2D eigenvalue weighted by molar-refractivity contribution is 0.0732. The number of carbonyl (C=O) groups is 1. The van der Waals surface area contributed by atoms with Gasteiger partial charge < -0.3 is 14.7 Å². The van der Waals surface area contributed by atoms with Crippen LogP contribution >= 0.6 is 11.3 Å². The molecule has 0 radical (unpaired) electrons. The summed E-state index contributed by atoms with van der Waals surface area (Å²) in [6, 6.07) is 9.66. The topological polar surface area (TPSA) is 62.7 Å². The van der Waals surface area contributed by atoms with Gasteiger partial charge in [0.1, 0.15) is 6.61 Å². The maximum Gasteiger partial charge on any atom is 0.255 e. The van der Waals surface area contributed by atoms with Gasteiger partial charge in [-0.15, -0.1) is 11.3 Å². The van der Waals surface area contributed by atoms with Gasteiger partial charge in [-0.1, -0.05) is 0 Å². The summed E-state index contributed by atoms with van der Waals surface area (Å²) in [7, 11) is 0. The molecule has 1 aliphatic rings. The maximum atomic E-state index is 12.9. The van der Waals surface area contributed by atoms with E-state index in [1.807, 2.05) is 25.1 Å². The van der Waals surface area contributed by atoms with Crippen molar-refractivity contribution >= 4 is 17.2 Å². The second-order valence-corrected chi connectivity index (χ2v) is 8.01. The van der Waals surface area contributed by atoms with Crippen molar-refractivity contribution < 1.29 is 14.6 Å². The highest BCUT2D eigenvalue weighted by molar-refractivity contribution is 7.15. The number of fused-ring (bicyclic) bond motifs is 1. The zero-order valence-electron chi connectivity index (χ0n) is 15.2. The number of nitrogens with zero attached hydrogens (tertiary/aromatic N) is 2. The molecule has 1 amide bonds. The Hall–Kier alpha value is -2.86. The van der Waals surface area contributed by atoms with E-state index in [-0.39, 0.29) is 11.7 Å². The monoisotopic (exact) mass is 380 g/mol. The summed E-state index contributed by atoms with van der Waals surface area (Å²) in [5.74, 6) is 0.490. The molecule has 0 aliphatic carbocycles. The van der Waals surface area contributed by atoms with E-state index in [9.17, 15) is 9.90 Å². The summed E-state index contributed by atoms with van der Waals surface area (Å²) < 4.78 is 5.76. The highest BCUT2D eigenvalue weighted by atomic mass is 32.1. The van der Waals surface area contributed by atoms with E-state index < -0.39 is 0 Å². The molecular formula is C21H20N2O3S. The third-order valence-corrected chi connectivity index (χ3v) is 5.60. The number of pyridine rings is 1. The molecule has 1 aromatic carbocycles. The second-order valence-electron chi connectivity index (χ2n) is 6.72. The Kier molecular flexibility index (Phi) is 4.58. The molecule has 4 rings (SSSR count). The van der Waals surface area contributed by atoms with Gasteiger partial charge >= 0.3 is 0 Å². The van der Waals surface area contributed by atoms with E-state index in [2.05, 4.69) is 18.0 Å². The van der Waals surface area contributed by atoms with Gasteiger partial charge in [0, 0.05) is 34.3 Å². The first-order chi connectivity index (χ1) is 13.0. The largest absolute Gasteiger partial charge is 0.504 e. The quantitative estimate of drug-likeness (QED) is 0.725. The van der Waals surface area contributed by atoms with Crippen LogP contribution in [0.25, 0.3) is 10.4 Å². The van der Waals surface area contributed by atoms with Gasteiger partial charge in [0.25, 0.3) is 5.91 Å². The molecule has 0 bridgehead atoms. The van der Waals surface area contributed by atoms with Crippen LogP contribution in [0.2, 0.25) is 0 Å². The number of aromatic hydroxyl groups is 1. The van der Waals surface area contributed by atoms with Gasteiger partial charge in [-0.25, -0.2) is 0 Å². The van der Waals surface area contributed by atoms with Crippen molar-refractivity contribution in [3.8, 4) is 21.9 Å². The Morgan fingerprint density at radius 1 is 1.22 bits per heavy atom. The first-order valence-corrected chi connectivity index (χ1v) is 9.59. The van der Waals surface area contributed by atoms with Crippen molar-refractivity contribution in [1.82, 2.24) is 9.88 Å². The number of amides is 1. The summed E-state index contributed by atoms with van der Waals surface area (Å²) in [6.45, 7) is 5.14. The Balaban J connectivity index is 1.68. The molecule has 5 nitrogen and oxygen atoms in total. The smallest absolute Gasteiger partial charge is 0.255 e. The number of phenols is 1. The number of aryl methyl sites for hydroxylation is 2. The molecule has 0 saturated carbocycles. The van der Waals surface area contributed by atoms with Crippen LogP contribution in [-0.2, 0) is 6.54 Å². The minimum Gasteiger partial charge on any atom is -0.504 e. The molecule has 3 aromatic rings. The van der Waals surface area contributed by atoms with Gasteiger partial charge in [0.2, 0.25) is 0 Å². The van der Waals surface area contributed by atoms with Crippen LogP contribution in [-0.4, -0.2) is 34.0 Å². The Bertz CT molecular complexity index is 1010. The van der Waals surface area contributed by atoms with Crippen molar-refractivity contribution in [3.05, 3.63) is 64.3 Å². The highest BCUT2D eigenvalue weighted by Gasteiger charge is 2.24. The normalized spacial score (nSPS) is 13.6. The molecule has 0 spiro atoms. The molecule has 1 N–H and O–H groups in total. The van der Waals surface area contributed by atoms with E-state index in [4.69, 9.17) is 4.74 Å². The van der Waals surface area contributed by atoms with Crippen LogP contribution in [0.1, 0.15) is 26.4 Å². The lowest BCUT2D eigenvalue weighted by Gasteiger charge is -2.20. The maximum absolute atomic E-state index is 12.9. The minimum atomic E-state index is -0.0838. The summed E-state index contributed by atoms with van der Waals surface area (Å²) in [5.41, 5.74) is 3.25. The van der Waals surface area contributed by atoms with Crippen molar-refractivity contribution in [1.29, 1.82) is 0 Å². The molecule has 2 aromatic heterocycles. The summed E-state index contributed by atoms with van der Waals surface area (Å²) >= 11 is 1.67. The van der Waals surface area contributed by atoms with Crippen LogP contribution in [0.3, 0.4) is 0 Å². The minimum absolute atomic E-state index is 0.0838. The van der Waals surface area contributed by atoms with Gasteiger partial charge in [-0.3, -0.25) is 9.78 Å². The predicted octanol–water partition coefficient (Wildman–Crippen LogP) is 4.17. The van der Waals surface area contributed by atoms with E-state index in [1.165, 1.54) is 4.88 Å². The molecule has 138 valence electrons. The van der Waals surface area contributed by atoms with Gasteiger partial charge in [-0.2, -0.15) is 0 Å². The molecule has 1 aliphatic heterocycles. The summed E-state index contributed by atoms with van der Waals surface area (Å²) in [4.78, 5) is 21.1. The third-order valence-electron chi connectivity index (χ3n) is 4.55. The number of hydrogen-bond donors (Lipinski definition) is 1. The fourth-order valence-electron chi connectivity index (χ4n) is 3.26. The van der Waals surface area contributed by atoms with Crippen LogP contribution in [0, 0.1) is 13.8 Å². The highest BCUT2D eigenvalue weighted by Crippen LogP contribution is 2.39. The average Bonchev–Trinajstić information content (AvgIpc) is 2.96. The number of benzene rings is 1. The number of phenolic OH excluding ortho intramolecular Hbond substituents is 1. The van der Waals surface area contributed by atoms with Crippen molar-refractivity contribution in [2.75, 3.05) is 13.2 Å². The molecule has 6 heteroatoms. The molecule has 3 heterocycles. The number of thiophene rings is 1. The fraction of sp³-hybridized carbons (Fsp3) is 0.238. The van der Waals surface area contributed by atoms with E-state index in [0.717, 1.165) is 21.6 Å². The SMILES string of the molecule is Cc1cncc(C(=O)N2CCOc3c(O)cc(-c4ccc(C)s4)cc3C2)c1.